The van der Waals surface area contributed by atoms with Crippen molar-refractivity contribution in [2.45, 2.75) is 54.8 Å². The number of hydrogen-bond acceptors (Lipinski definition) is 35. The molecule has 0 N–H and O–H groups in total. The van der Waals surface area contributed by atoms with Gasteiger partial charge in [0.2, 0.25) is 89.0 Å². The summed E-state index contributed by atoms with van der Waals surface area (Å²) in [7, 11) is -50.8. The van der Waals surface area contributed by atoms with Gasteiger partial charge in [-0.2, -0.15) is 0 Å². The molecule has 0 bridgehead atoms. The average molecular weight is 975 g/mol. The van der Waals surface area contributed by atoms with E-state index in [0.717, 1.165) is 0 Å². The van der Waals surface area contributed by atoms with Gasteiger partial charge < -0.3 is 50.6 Å². The largest absolute Gasteiger partial charge is 0.726 e. The van der Waals surface area contributed by atoms with Gasteiger partial charge in [-0.25, -0.2) is 67.3 Å². The van der Waals surface area contributed by atoms with E-state index in [1.165, 1.54) is 0 Å². The Morgan fingerprint density at radius 1 is 0.418 bits per heavy atom. The Labute approximate surface area is 308 Å². The molecule has 0 aromatic carbocycles. The predicted octanol–water partition coefficient (Wildman–Crippen LogP) is -9.52. The van der Waals surface area contributed by atoms with Crippen molar-refractivity contribution in [1.82, 2.24) is 0 Å². The molecular weight excluding hydrogens is 961 g/mol. The molecule has 0 aromatic rings. The topological polar surface area (TPSA) is 559 Å². The van der Waals surface area contributed by atoms with Crippen molar-refractivity contribution in [2.75, 3.05) is 19.8 Å². The standard InChI is InChI=1S/C12H22O35S8/c13-48(14,15)37-1-4-6(43-51(22,23)24)8(45-53(28,29)30)9(46-54(31,32)33)11(40-4)42-12(3-39-50(19,20)21)10(47-55(34,35)36)7(44-52(25,26)27)5(41-12)2-38-49(16,17)18/h4-11H,1-3H2,(H,13,14,15)(H,16,17,18)(H,19,20,21)(H,22,23,24)(H,25,26,27)(H,28,29,30)(H,31,32,33)(H,34,35,36)/p-8/t4-,5-,6-,7-,8+,9-,10+,11-,12+/m1/s1. The molecule has 0 aliphatic carbocycles. The summed E-state index contributed by atoms with van der Waals surface area (Å²) in [6, 6.07) is 0. The molecule has 0 radical (unpaired) electrons. The highest BCUT2D eigenvalue weighted by molar-refractivity contribution is 7.82. The van der Waals surface area contributed by atoms with Crippen molar-refractivity contribution in [3.05, 3.63) is 0 Å². The Morgan fingerprint density at radius 3 is 1.18 bits per heavy atom. The highest BCUT2D eigenvalue weighted by Crippen LogP contribution is 2.42. The summed E-state index contributed by atoms with van der Waals surface area (Å²) in [5.41, 5.74) is 0. The molecule has 0 aromatic heterocycles. The van der Waals surface area contributed by atoms with Crippen LogP contribution < -0.4 is 0 Å². The van der Waals surface area contributed by atoms with Crippen LogP contribution in [0.1, 0.15) is 0 Å². The minimum atomic E-state index is -6.58. The molecule has 0 saturated carbocycles. The van der Waals surface area contributed by atoms with Gasteiger partial charge in [0.05, 0.1) is 13.2 Å². The van der Waals surface area contributed by atoms with Crippen LogP contribution in [0.25, 0.3) is 0 Å². The van der Waals surface area contributed by atoms with E-state index in [-0.39, 0.29) is 0 Å². The molecule has 2 rings (SSSR count). The minimum Gasteiger partial charge on any atom is -0.726 e. The molecule has 0 unspecified atom stereocenters. The Balaban J connectivity index is 3.07. The van der Waals surface area contributed by atoms with E-state index in [9.17, 15) is 104 Å². The summed E-state index contributed by atoms with van der Waals surface area (Å²) >= 11 is 0. The first-order valence-corrected chi connectivity index (χ1v) is 22.9. The third kappa shape index (κ3) is 18.1. The summed E-state index contributed by atoms with van der Waals surface area (Å²) in [4.78, 5) is 0. The second-order valence-electron chi connectivity index (χ2n) is 9.49. The van der Waals surface area contributed by atoms with Gasteiger partial charge in [-0.1, -0.05) is 0 Å². The lowest BCUT2D eigenvalue weighted by molar-refractivity contribution is -0.374. The van der Waals surface area contributed by atoms with Gasteiger partial charge >= 0.3 is 0 Å². The van der Waals surface area contributed by atoms with E-state index in [1.54, 1.807) is 0 Å². The molecule has 35 nitrogen and oxygen atoms in total. The highest BCUT2D eigenvalue weighted by atomic mass is 32.3. The van der Waals surface area contributed by atoms with Gasteiger partial charge in [0.1, 0.15) is 37.1 Å². The summed E-state index contributed by atoms with van der Waals surface area (Å²) < 4.78 is 320. The molecule has 2 aliphatic rings. The molecule has 55 heavy (non-hydrogen) atoms. The lowest BCUT2D eigenvalue weighted by atomic mass is 9.99. The van der Waals surface area contributed by atoms with Crippen LogP contribution in [0.15, 0.2) is 0 Å². The molecule has 2 fully saturated rings. The van der Waals surface area contributed by atoms with Crippen LogP contribution in [0.3, 0.4) is 0 Å². The quantitative estimate of drug-likeness (QED) is 0.0761. The first-order valence-electron chi connectivity index (χ1n) is 12.2. The fraction of sp³-hybridized carbons (Fsp3) is 1.00. The van der Waals surface area contributed by atoms with E-state index < -0.39 is 158 Å². The van der Waals surface area contributed by atoms with Gasteiger partial charge in [0.15, 0.2) is 18.5 Å². The van der Waals surface area contributed by atoms with Crippen LogP contribution in [0.2, 0.25) is 0 Å². The predicted molar refractivity (Wildman–Crippen MR) is 137 cm³/mol. The summed E-state index contributed by atoms with van der Waals surface area (Å²) in [5.74, 6) is -4.31. The van der Waals surface area contributed by atoms with Gasteiger partial charge in [0.25, 0.3) is 0 Å². The van der Waals surface area contributed by atoms with Crippen molar-refractivity contribution in [3.63, 3.8) is 0 Å². The summed E-state index contributed by atoms with van der Waals surface area (Å²) in [5, 5.41) is 0. The highest BCUT2D eigenvalue weighted by Gasteiger charge is 2.64. The third-order valence-corrected chi connectivity index (χ3v) is 9.18. The maximum atomic E-state index is 11.7. The first-order chi connectivity index (χ1) is 24.2. The lowest BCUT2D eigenvalue weighted by Gasteiger charge is -2.47. The van der Waals surface area contributed by atoms with Crippen molar-refractivity contribution in [2.24, 2.45) is 0 Å². The zero-order valence-corrected chi connectivity index (χ0v) is 31.3. The monoisotopic (exact) mass is 974 g/mol. The average Bonchev–Trinajstić information content (AvgIpc) is 3.15. The van der Waals surface area contributed by atoms with Crippen LogP contribution in [0.5, 0.6) is 0 Å². The zero-order chi connectivity index (χ0) is 43.0. The van der Waals surface area contributed by atoms with Crippen LogP contribution >= 0.6 is 0 Å². The Kier molecular flexibility index (Phi) is 15.6. The second kappa shape index (κ2) is 17.2. The maximum absolute atomic E-state index is 11.7. The number of ether oxygens (including phenoxy) is 3. The van der Waals surface area contributed by atoms with Crippen LogP contribution in [0.4, 0.5) is 0 Å². The number of hydrogen-bond donors (Lipinski definition) is 0. The fourth-order valence-electron chi connectivity index (χ4n) is 4.21. The summed E-state index contributed by atoms with van der Waals surface area (Å²) in [6.07, 6.45) is -27.5. The molecule has 328 valence electrons. The van der Waals surface area contributed by atoms with Crippen LogP contribution in [-0.4, -0.2) is 178 Å². The SMILES string of the molecule is O=S(=O)([O-])OC[C@H]1O[C@@](COS(=O)(=O)[O-])(O[C@H]2O[C@H](COS(=O)(=O)[O-])[C@@H](OS(=O)(=O)[O-])[C@H](OS(=O)(=O)[O-])[C@H]2OS(=O)(=O)[O-])[C@@H](OS(=O)(=O)[O-])[C@@H]1OS(=O)(=O)[O-]. The summed E-state index contributed by atoms with van der Waals surface area (Å²) in [6.45, 7) is -6.74. The molecule has 0 spiro atoms. The van der Waals surface area contributed by atoms with E-state index in [1.807, 2.05) is 0 Å². The van der Waals surface area contributed by atoms with Crippen LogP contribution in [-0.2, 0) is 131 Å². The normalized spacial score (nSPS) is 30.7. The fourth-order valence-corrected chi connectivity index (χ4v) is 7.60. The lowest BCUT2D eigenvalue weighted by Crippen LogP contribution is -2.65. The Bertz CT molecular complexity index is 2280. The molecule has 2 saturated heterocycles. The molecule has 43 heteroatoms. The van der Waals surface area contributed by atoms with Crippen molar-refractivity contribution in [1.29, 1.82) is 0 Å². The van der Waals surface area contributed by atoms with Crippen LogP contribution in [0, 0.1) is 0 Å². The minimum absolute atomic E-state index is 2.07. The Morgan fingerprint density at radius 2 is 0.782 bits per heavy atom. The van der Waals surface area contributed by atoms with Crippen molar-refractivity contribution < 1.29 is 151 Å². The number of rotatable bonds is 21. The van der Waals surface area contributed by atoms with E-state index in [4.69, 9.17) is 14.2 Å². The molecule has 0 amide bonds. The van der Waals surface area contributed by atoms with Gasteiger partial charge in [-0.3, -0.25) is 33.5 Å². The zero-order valence-electron chi connectivity index (χ0n) is 24.8. The Hall–Kier alpha value is -1.16. The van der Waals surface area contributed by atoms with E-state index >= 15 is 0 Å². The van der Waals surface area contributed by atoms with E-state index in [0.29, 0.717) is 0 Å². The van der Waals surface area contributed by atoms with Gasteiger partial charge in [-0.05, 0) is 0 Å². The van der Waals surface area contributed by atoms with Gasteiger partial charge in [0, 0.05) is 0 Å². The smallest absolute Gasteiger partial charge is 0.227 e. The molecule has 9 atom stereocenters. The van der Waals surface area contributed by atoms with Crippen molar-refractivity contribution in [3.8, 4) is 0 Å². The first kappa shape index (κ1) is 50.0. The second-order valence-corrected chi connectivity index (χ2v) is 17.7. The molecule has 2 heterocycles. The maximum Gasteiger partial charge on any atom is 0.227 e. The molecule has 2 aliphatic heterocycles. The van der Waals surface area contributed by atoms with E-state index in [2.05, 4.69) is 33.5 Å². The van der Waals surface area contributed by atoms with Crippen molar-refractivity contribution >= 4 is 83.2 Å². The third-order valence-electron chi connectivity index (χ3n) is 5.65. The molecular formula is C12H14O35S8-8. The van der Waals surface area contributed by atoms with Gasteiger partial charge in [-0.15, -0.1) is 0 Å².